The van der Waals surface area contributed by atoms with Crippen molar-refractivity contribution in [2.75, 3.05) is 33.7 Å². The van der Waals surface area contributed by atoms with E-state index in [0.29, 0.717) is 12.5 Å². The largest absolute Gasteiger partial charge is 0.357 e. The lowest BCUT2D eigenvalue weighted by Crippen LogP contribution is -2.45. The molecule has 1 aliphatic heterocycles. The van der Waals surface area contributed by atoms with Gasteiger partial charge in [-0.05, 0) is 51.4 Å². The third-order valence-electron chi connectivity index (χ3n) is 6.05. The number of aliphatic imine (C=N–C) groups is 1. The first-order valence-corrected chi connectivity index (χ1v) is 11.6. The van der Waals surface area contributed by atoms with Gasteiger partial charge < -0.3 is 20.4 Å². The first kappa shape index (κ1) is 22.6. The lowest BCUT2D eigenvalue weighted by molar-refractivity contribution is -0.135. The molecule has 1 unspecified atom stereocenters. The Labute approximate surface area is 182 Å². The number of likely N-dealkylation sites (tertiary alicyclic amines) is 1. The Morgan fingerprint density at radius 2 is 1.93 bits per heavy atom. The molecule has 2 aliphatic rings. The summed E-state index contributed by atoms with van der Waals surface area (Å²) in [5, 5.41) is 6.92. The summed E-state index contributed by atoms with van der Waals surface area (Å²) in [5.74, 6) is 1.47. The molecule has 1 aliphatic carbocycles. The van der Waals surface area contributed by atoms with E-state index in [9.17, 15) is 4.79 Å². The van der Waals surface area contributed by atoms with Gasteiger partial charge in [0.1, 0.15) is 0 Å². The highest BCUT2D eigenvalue weighted by Crippen LogP contribution is 2.26. The van der Waals surface area contributed by atoms with E-state index in [2.05, 4.69) is 65.7 Å². The van der Waals surface area contributed by atoms with Crippen LogP contribution < -0.4 is 10.6 Å². The number of nitrogens with one attached hydrogen (secondary N) is 2. The van der Waals surface area contributed by atoms with Crippen LogP contribution in [-0.4, -0.2) is 61.4 Å². The lowest BCUT2D eigenvalue weighted by atomic mass is 9.88. The van der Waals surface area contributed by atoms with Gasteiger partial charge in [0.25, 0.3) is 0 Å². The molecule has 0 radical (unpaired) electrons. The van der Waals surface area contributed by atoms with Gasteiger partial charge in [-0.25, -0.2) is 4.99 Å². The maximum Gasteiger partial charge on any atom is 0.225 e. The van der Waals surface area contributed by atoms with Gasteiger partial charge in [0, 0.05) is 38.1 Å². The van der Waals surface area contributed by atoms with E-state index in [1.165, 1.54) is 30.4 Å². The number of hydrogen-bond donors (Lipinski definition) is 2. The number of hydrogen-bond acceptors (Lipinski definition) is 3. The molecule has 30 heavy (non-hydrogen) atoms. The second-order valence-corrected chi connectivity index (χ2v) is 9.00. The third kappa shape index (κ3) is 6.73. The molecule has 1 aromatic rings. The molecule has 0 spiro atoms. The van der Waals surface area contributed by atoms with Crippen LogP contribution in [0.25, 0.3) is 0 Å². The summed E-state index contributed by atoms with van der Waals surface area (Å²) < 4.78 is 0. The van der Waals surface area contributed by atoms with Crippen LogP contribution in [0, 0.1) is 5.92 Å². The highest BCUT2D eigenvalue weighted by atomic mass is 16.2. The molecular weight excluding hydrogens is 374 g/mol. The fourth-order valence-electron chi connectivity index (χ4n) is 4.56. The van der Waals surface area contributed by atoms with Crippen LogP contribution in [0.2, 0.25) is 0 Å². The monoisotopic (exact) mass is 413 g/mol. The van der Waals surface area contributed by atoms with E-state index >= 15 is 0 Å². The molecule has 0 bridgehead atoms. The molecule has 0 aromatic heterocycles. The fourth-order valence-corrected chi connectivity index (χ4v) is 4.56. The third-order valence-corrected chi connectivity index (χ3v) is 6.05. The quantitative estimate of drug-likeness (QED) is 0.533. The van der Waals surface area contributed by atoms with E-state index in [-0.39, 0.29) is 12.0 Å². The van der Waals surface area contributed by atoms with Gasteiger partial charge in [-0.15, -0.1) is 0 Å². The standard InChI is InChI=1S/C24H39N5O/c1-4-25-24(26-16-19-9-8-10-20(15-19)17-28(2)3)27-22-13-14-29(18-22)23(30)21-11-6-5-7-12-21/h8-10,15,21-22H,4-7,11-14,16-18H2,1-3H3,(H2,25,26,27). The minimum Gasteiger partial charge on any atom is -0.357 e. The van der Waals surface area contributed by atoms with Gasteiger partial charge >= 0.3 is 0 Å². The summed E-state index contributed by atoms with van der Waals surface area (Å²) in [4.78, 5) is 21.9. The van der Waals surface area contributed by atoms with E-state index < -0.39 is 0 Å². The zero-order chi connectivity index (χ0) is 21.3. The topological polar surface area (TPSA) is 60.0 Å². The van der Waals surface area contributed by atoms with Crippen molar-refractivity contribution in [3.05, 3.63) is 35.4 Å². The van der Waals surface area contributed by atoms with Crippen LogP contribution >= 0.6 is 0 Å². The minimum absolute atomic E-state index is 0.258. The van der Waals surface area contributed by atoms with Crippen molar-refractivity contribution in [1.82, 2.24) is 20.4 Å². The number of nitrogens with zero attached hydrogens (tertiary/aromatic N) is 3. The highest BCUT2D eigenvalue weighted by Gasteiger charge is 2.31. The molecule has 6 heteroatoms. The molecule has 3 rings (SSSR count). The van der Waals surface area contributed by atoms with Crippen LogP contribution in [-0.2, 0) is 17.9 Å². The van der Waals surface area contributed by atoms with Crippen LogP contribution in [0.5, 0.6) is 0 Å². The zero-order valence-electron chi connectivity index (χ0n) is 19.0. The van der Waals surface area contributed by atoms with Gasteiger partial charge in [-0.3, -0.25) is 4.79 Å². The number of carbonyl (C=O) groups excluding carboxylic acids is 1. The van der Waals surface area contributed by atoms with E-state index in [1.54, 1.807) is 0 Å². The van der Waals surface area contributed by atoms with Crippen LogP contribution in [0.4, 0.5) is 0 Å². The molecule has 166 valence electrons. The number of carbonyl (C=O) groups is 1. The van der Waals surface area contributed by atoms with Gasteiger partial charge in [0.05, 0.1) is 6.54 Å². The van der Waals surface area contributed by atoms with Crippen molar-refractivity contribution in [3.63, 3.8) is 0 Å². The number of amides is 1. The summed E-state index contributed by atoms with van der Waals surface area (Å²) in [6.07, 6.45) is 6.84. The molecule has 1 atom stereocenters. The van der Waals surface area contributed by atoms with Crippen molar-refractivity contribution in [2.24, 2.45) is 10.9 Å². The summed E-state index contributed by atoms with van der Waals surface area (Å²) in [7, 11) is 4.17. The smallest absolute Gasteiger partial charge is 0.225 e. The van der Waals surface area contributed by atoms with E-state index in [4.69, 9.17) is 4.99 Å². The Morgan fingerprint density at radius 1 is 1.17 bits per heavy atom. The molecule has 1 aromatic carbocycles. The second-order valence-electron chi connectivity index (χ2n) is 9.00. The van der Waals surface area contributed by atoms with Crippen LogP contribution in [0.15, 0.2) is 29.3 Å². The summed E-state index contributed by atoms with van der Waals surface area (Å²) in [6.45, 7) is 6.14. The average molecular weight is 414 g/mol. The molecule has 1 saturated carbocycles. The Morgan fingerprint density at radius 3 is 2.67 bits per heavy atom. The van der Waals surface area contributed by atoms with Crippen LogP contribution in [0.1, 0.15) is 56.6 Å². The Kier molecular flexibility index (Phi) is 8.55. The minimum atomic E-state index is 0.258. The van der Waals surface area contributed by atoms with Crippen molar-refractivity contribution in [1.29, 1.82) is 0 Å². The maximum absolute atomic E-state index is 12.8. The molecular formula is C24H39N5O. The molecule has 2 N–H and O–H groups in total. The SMILES string of the molecule is CCNC(=NCc1cccc(CN(C)C)c1)NC1CCN(C(=O)C2CCCCC2)C1. The zero-order valence-corrected chi connectivity index (χ0v) is 19.0. The Hall–Kier alpha value is -2.08. The van der Waals surface area contributed by atoms with Gasteiger partial charge in [-0.1, -0.05) is 43.5 Å². The Balaban J connectivity index is 1.54. The van der Waals surface area contributed by atoms with Crippen LogP contribution in [0.3, 0.4) is 0 Å². The fraction of sp³-hybridized carbons (Fsp3) is 0.667. The maximum atomic E-state index is 12.8. The molecule has 6 nitrogen and oxygen atoms in total. The number of rotatable bonds is 7. The predicted octanol–water partition coefficient (Wildman–Crippen LogP) is 2.98. The van der Waals surface area contributed by atoms with Crippen molar-refractivity contribution >= 4 is 11.9 Å². The van der Waals surface area contributed by atoms with E-state index in [1.807, 2.05) is 0 Å². The molecule has 1 amide bonds. The predicted molar refractivity (Wildman–Crippen MR) is 123 cm³/mol. The lowest BCUT2D eigenvalue weighted by Gasteiger charge is -2.26. The van der Waals surface area contributed by atoms with Gasteiger partial charge in [-0.2, -0.15) is 0 Å². The van der Waals surface area contributed by atoms with E-state index in [0.717, 1.165) is 51.4 Å². The van der Waals surface area contributed by atoms with Crippen molar-refractivity contribution in [2.45, 2.75) is 64.6 Å². The summed E-state index contributed by atoms with van der Waals surface area (Å²) in [5.41, 5.74) is 2.52. The van der Waals surface area contributed by atoms with Gasteiger partial charge in [0.2, 0.25) is 5.91 Å². The molecule has 2 fully saturated rings. The average Bonchev–Trinajstić information content (AvgIpc) is 3.20. The van der Waals surface area contributed by atoms with Crippen molar-refractivity contribution in [3.8, 4) is 0 Å². The van der Waals surface area contributed by atoms with Gasteiger partial charge in [0.15, 0.2) is 5.96 Å². The summed E-state index contributed by atoms with van der Waals surface area (Å²) in [6, 6.07) is 8.90. The molecule has 1 saturated heterocycles. The second kappa shape index (κ2) is 11.3. The Bertz CT molecular complexity index is 711. The summed E-state index contributed by atoms with van der Waals surface area (Å²) >= 11 is 0. The number of benzene rings is 1. The highest BCUT2D eigenvalue weighted by molar-refractivity contribution is 5.81. The number of guanidine groups is 1. The molecule has 1 heterocycles. The first-order chi connectivity index (χ1) is 14.5. The normalized spacial score (nSPS) is 20.6. The first-order valence-electron chi connectivity index (χ1n) is 11.6. The van der Waals surface area contributed by atoms with Crippen molar-refractivity contribution < 1.29 is 4.79 Å².